The van der Waals surface area contributed by atoms with E-state index >= 15 is 0 Å². The smallest absolute Gasteiger partial charge is 0.246 e. The molecule has 2 saturated heterocycles. The van der Waals surface area contributed by atoms with Gasteiger partial charge in [0.25, 0.3) is 0 Å². The molecule has 3 aromatic heterocycles. The van der Waals surface area contributed by atoms with Gasteiger partial charge in [0.2, 0.25) is 16.0 Å². The highest BCUT2D eigenvalue weighted by molar-refractivity contribution is 7.88. The van der Waals surface area contributed by atoms with E-state index < -0.39 is 10.0 Å². The summed E-state index contributed by atoms with van der Waals surface area (Å²) in [4.78, 5) is 18.9. The van der Waals surface area contributed by atoms with Gasteiger partial charge in [-0.15, -0.1) is 11.3 Å². The molecule has 0 atom stereocenters. The Balaban J connectivity index is 1.18. The first-order valence-corrected chi connectivity index (χ1v) is 18.2. The first kappa shape index (κ1) is 31.1. The number of rotatable bonds is 8. The molecule has 5 heterocycles. The van der Waals surface area contributed by atoms with Crippen LogP contribution in [-0.4, -0.2) is 97.2 Å². The molecule has 240 valence electrons. The molecule has 2 aliphatic heterocycles. The number of ether oxygens (including phenoxy) is 1. The number of morpholine rings is 1. The van der Waals surface area contributed by atoms with E-state index in [1.807, 2.05) is 47.0 Å². The molecule has 2 aliphatic rings. The molecule has 12 nitrogen and oxygen atoms in total. The van der Waals surface area contributed by atoms with E-state index in [1.54, 1.807) is 23.6 Å². The number of nitrogens with zero attached hydrogens (tertiary/aromatic N) is 8. The number of hydrogen-bond donors (Lipinski definition) is 1. The molecular weight excluding hydrogens is 669 g/mol. The monoisotopic (exact) mass is 699 g/mol. The van der Waals surface area contributed by atoms with Crippen LogP contribution in [-0.2, 0) is 21.3 Å². The molecule has 0 unspecified atom stereocenters. The van der Waals surface area contributed by atoms with E-state index in [9.17, 15) is 8.42 Å². The van der Waals surface area contributed by atoms with E-state index in [4.69, 9.17) is 42.9 Å². The molecular formula is C30H31Cl2N9O3S2. The van der Waals surface area contributed by atoms with Gasteiger partial charge < -0.3 is 19.1 Å². The number of halogens is 2. The lowest BCUT2D eigenvalue weighted by atomic mass is 10.2. The quantitative estimate of drug-likeness (QED) is 0.181. The highest BCUT2D eigenvalue weighted by Gasteiger charge is 2.26. The summed E-state index contributed by atoms with van der Waals surface area (Å²) < 4.78 is 34.2. The number of nitrogens with one attached hydrogen (secondary N) is 1. The summed E-state index contributed by atoms with van der Waals surface area (Å²) in [6.45, 7) is 5.23. The summed E-state index contributed by atoms with van der Waals surface area (Å²) >= 11 is 14.5. The van der Waals surface area contributed by atoms with E-state index in [0.29, 0.717) is 80.8 Å². The number of hydrogen-bond acceptors (Lipinski definition) is 11. The van der Waals surface area contributed by atoms with E-state index in [2.05, 4.69) is 20.3 Å². The zero-order valence-electron chi connectivity index (χ0n) is 24.9. The topological polar surface area (TPSA) is 121 Å². The van der Waals surface area contributed by atoms with Crippen molar-refractivity contribution in [3.05, 3.63) is 70.0 Å². The maximum atomic E-state index is 12.0. The third-order valence-electron chi connectivity index (χ3n) is 8.06. The number of hydrazone groups is 1. The Bertz CT molecular complexity index is 2040. The van der Waals surface area contributed by atoms with Gasteiger partial charge in [0, 0.05) is 39.3 Å². The Kier molecular flexibility index (Phi) is 8.74. The maximum Gasteiger partial charge on any atom is 0.246 e. The van der Waals surface area contributed by atoms with Crippen LogP contribution in [0.3, 0.4) is 0 Å². The fourth-order valence-electron chi connectivity index (χ4n) is 5.69. The highest BCUT2D eigenvalue weighted by Crippen LogP contribution is 2.38. The second kappa shape index (κ2) is 12.9. The lowest BCUT2D eigenvalue weighted by Crippen LogP contribution is -2.48. The molecule has 5 aromatic rings. The number of imidazole rings is 1. The van der Waals surface area contributed by atoms with Crippen molar-refractivity contribution in [1.82, 2.24) is 23.8 Å². The second-order valence-electron chi connectivity index (χ2n) is 11.0. The zero-order valence-corrected chi connectivity index (χ0v) is 28.1. The summed E-state index contributed by atoms with van der Waals surface area (Å²) in [6.07, 6.45) is 2.91. The molecule has 16 heteroatoms. The van der Waals surface area contributed by atoms with Crippen molar-refractivity contribution in [2.45, 2.75) is 6.54 Å². The minimum atomic E-state index is -3.21. The number of thiophene rings is 1. The van der Waals surface area contributed by atoms with Gasteiger partial charge in [0.1, 0.15) is 0 Å². The van der Waals surface area contributed by atoms with Crippen molar-refractivity contribution in [2.75, 3.05) is 74.0 Å². The average Bonchev–Trinajstić information content (AvgIpc) is 3.64. The van der Waals surface area contributed by atoms with Crippen molar-refractivity contribution >= 4 is 88.8 Å². The minimum Gasteiger partial charge on any atom is -0.378 e. The minimum absolute atomic E-state index is 0.358. The molecule has 2 aromatic carbocycles. The fraction of sp³-hybridized carbons (Fsp3) is 0.333. The Morgan fingerprint density at radius 3 is 2.52 bits per heavy atom. The normalized spacial score (nSPS) is 16.7. The van der Waals surface area contributed by atoms with Crippen LogP contribution >= 0.6 is 34.5 Å². The number of piperazine rings is 1. The molecule has 1 N–H and O–H groups in total. The number of aromatic nitrogens is 4. The van der Waals surface area contributed by atoms with Crippen molar-refractivity contribution in [3.63, 3.8) is 0 Å². The molecule has 0 aliphatic carbocycles. The molecule has 0 bridgehead atoms. The van der Waals surface area contributed by atoms with Gasteiger partial charge in [-0.1, -0.05) is 47.5 Å². The van der Waals surface area contributed by atoms with Crippen LogP contribution in [0.1, 0.15) is 11.4 Å². The SMILES string of the molecule is CS(=O)(=O)N1CCN(c2cc3nc(N/N=C/c4nc5ccccc5n4Cc4cccc(Cl)c4Cl)nc(N4CCOCC4)c3s2)CC1. The molecule has 0 spiro atoms. The molecule has 46 heavy (non-hydrogen) atoms. The van der Waals surface area contributed by atoms with Crippen LogP contribution in [0.15, 0.2) is 53.6 Å². The summed E-state index contributed by atoms with van der Waals surface area (Å²) in [5, 5.41) is 6.55. The van der Waals surface area contributed by atoms with E-state index in [-0.39, 0.29) is 0 Å². The maximum absolute atomic E-state index is 12.0. The Morgan fingerprint density at radius 1 is 0.957 bits per heavy atom. The number of fused-ring (bicyclic) bond motifs is 2. The van der Waals surface area contributed by atoms with Crippen LogP contribution < -0.4 is 15.2 Å². The summed E-state index contributed by atoms with van der Waals surface area (Å²) in [5.74, 6) is 1.81. The number of sulfonamides is 1. The van der Waals surface area contributed by atoms with Gasteiger partial charge in [-0.3, -0.25) is 0 Å². The van der Waals surface area contributed by atoms with E-state index in [0.717, 1.165) is 37.6 Å². The Labute approximate surface area is 280 Å². The molecule has 0 radical (unpaired) electrons. The van der Waals surface area contributed by atoms with Gasteiger partial charge in [0.05, 0.1) is 68.5 Å². The van der Waals surface area contributed by atoms with Gasteiger partial charge in [-0.05, 0) is 29.8 Å². The van der Waals surface area contributed by atoms with Crippen LogP contribution in [0.4, 0.5) is 16.8 Å². The van der Waals surface area contributed by atoms with E-state index in [1.165, 1.54) is 10.6 Å². The lowest BCUT2D eigenvalue weighted by molar-refractivity contribution is 0.122. The molecule has 2 fully saturated rings. The first-order chi connectivity index (χ1) is 22.2. The lowest BCUT2D eigenvalue weighted by Gasteiger charge is -2.33. The fourth-order valence-corrected chi connectivity index (χ4v) is 8.06. The molecule has 0 saturated carbocycles. The number of anilines is 3. The van der Waals surface area contributed by atoms with Gasteiger partial charge >= 0.3 is 0 Å². The van der Waals surface area contributed by atoms with Crippen LogP contribution in [0.5, 0.6) is 0 Å². The Hall–Kier alpha value is -3.53. The van der Waals surface area contributed by atoms with Crippen molar-refractivity contribution in [2.24, 2.45) is 5.10 Å². The predicted octanol–water partition coefficient (Wildman–Crippen LogP) is 4.76. The van der Waals surface area contributed by atoms with Crippen LogP contribution in [0.25, 0.3) is 21.3 Å². The number of benzene rings is 2. The summed E-state index contributed by atoms with van der Waals surface area (Å²) in [7, 11) is -3.21. The average molecular weight is 701 g/mol. The number of para-hydroxylation sites is 2. The van der Waals surface area contributed by atoms with Gasteiger partial charge in [-0.2, -0.15) is 14.4 Å². The summed E-state index contributed by atoms with van der Waals surface area (Å²) in [6, 6.07) is 15.5. The second-order valence-corrected chi connectivity index (χ2v) is 14.8. The molecule has 0 amide bonds. The highest BCUT2D eigenvalue weighted by atomic mass is 35.5. The zero-order chi connectivity index (χ0) is 31.8. The predicted molar refractivity (Wildman–Crippen MR) is 186 cm³/mol. The molecule has 7 rings (SSSR count). The summed E-state index contributed by atoms with van der Waals surface area (Å²) in [5.41, 5.74) is 6.47. The largest absolute Gasteiger partial charge is 0.378 e. The van der Waals surface area contributed by atoms with Gasteiger partial charge in [0.15, 0.2) is 11.6 Å². The van der Waals surface area contributed by atoms with Crippen molar-refractivity contribution in [1.29, 1.82) is 0 Å². The van der Waals surface area contributed by atoms with Crippen molar-refractivity contribution in [3.8, 4) is 0 Å². The van der Waals surface area contributed by atoms with Crippen LogP contribution in [0, 0.1) is 0 Å². The third-order valence-corrected chi connectivity index (χ3v) is 11.4. The Morgan fingerprint density at radius 2 is 1.74 bits per heavy atom. The van der Waals surface area contributed by atoms with Gasteiger partial charge in [-0.25, -0.2) is 23.8 Å². The standard InChI is InChI=1S/C30H31Cl2N9O3S2/c1-46(42,43)40-11-9-38(10-12-40)26-17-23-28(45-26)29(39-13-15-44-16-14-39)36-30(35-23)37-33-18-25-34-22-7-2-3-8-24(22)41(25)19-20-5-4-6-21(31)27(20)32/h2-8,17-18H,9-16,19H2,1H3,(H,35,36,37)/b33-18+. The third kappa shape index (κ3) is 6.37. The van der Waals surface area contributed by atoms with Crippen LogP contribution in [0.2, 0.25) is 10.0 Å². The first-order valence-electron chi connectivity index (χ1n) is 14.8. The van der Waals surface area contributed by atoms with Crippen molar-refractivity contribution < 1.29 is 13.2 Å².